The summed E-state index contributed by atoms with van der Waals surface area (Å²) in [5.74, 6) is 1.45. The highest BCUT2D eigenvalue weighted by molar-refractivity contribution is 5.60. The quantitative estimate of drug-likeness (QED) is 0.881. The predicted octanol–water partition coefficient (Wildman–Crippen LogP) is 3.74. The number of rotatable bonds is 5. The zero-order chi connectivity index (χ0) is 16.2. The summed E-state index contributed by atoms with van der Waals surface area (Å²) in [7, 11) is 0. The molecule has 2 heterocycles. The summed E-state index contributed by atoms with van der Waals surface area (Å²) in [6, 6.07) is 8.28. The van der Waals surface area contributed by atoms with Crippen molar-refractivity contribution in [2.75, 3.05) is 23.8 Å². The molecule has 0 aliphatic carbocycles. The van der Waals surface area contributed by atoms with Crippen molar-refractivity contribution < 1.29 is 4.74 Å². The Morgan fingerprint density at radius 3 is 2.83 bits per heavy atom. The van der Waals surface area contributed by atoms with Crippen LogP contribution in [0.1, 0.15) is 29.7 Å². The predicted molar refractivity (Wildman–Crippen MR) is 93.4 cm³/mol. The normalized spacial score (nSPS) is 17.3. The first-order valence-electron chi connectivity index (χ1n) is 8.15. The fourth-order valence-corrected chi connectivity index (χ4v) is 2.73. The van der Waals surface area contributed by atoms with Crippen molar-refractivity contribution in [2.24, 2.45) is 0 Å². The first kappa shape index (κ1) is 15.7. The van der Waals surface area contributed by atoms with Crippen molar-refractivity contribution in [3.8, 4) is 0 Å². The monoisotopic (exact) mass is 312 g/mol. The van der Waals surface area contributed by atoms with Gasteiger partial charge < -0.3 is 15.4 Å². The van der Waals surface area contributed by atoms with Crippen LogP contribution in [0, 0.1) is 20.8 Å². The second kappa shape index (κ2) is 6.96. The minimum Gasteiger partial charge on any atom is -0.376 e. The molecular formula is C18H24N4O. The Morgan fingerprint density at radius 2 is 2.04 bits per heavy atom. The van der Waals surface area contributed by atoms with Gasteiger partial charge in [-0.2, -0.15) is 4.98 Å². The zero-order valence-corrected chi connectivity index (χ0v) is 14.0. The van der Waals surface area contributed by atoms with E-state index in [1.54, 1.807) is 0 Å². The molecule has 2 N–H and O–H groups in total. The molecule has 5 nitrogen and oxygen atoms in total. The highest BCUT2D eigenvalue weighted by Crippen LogP contribution is 2.21. The van der Waals surface area contributed by atoms with Crippen molar-refractivity contribution in [3.63, 3.8) is 0 Å². The van der Waals surface area contributed by atoms with E-state index in [2.05, 4.69) is 52.6 Å². The molecule has 5 heteroatoms. The Kier molecular flexibility index (Phi) is 4.76. The number of hydrogen-bond acceptors (Lipinski definition) is 5. The highest BCUT2D eigenvalue weighted by Gasteiger charge is 2.15. The Morgan fingerprint density at radius 1 is 1.17 bits per heavy atom. The van der Waals surface area contributed by atoms with Crippen LogP contribution >= 0.6 is 0 Å². The number of ether oxygens (including phenoxy) is 1. The molecule has 0 saturated carbocycles. The SMILES string of the molecule is Cc1ccc(C)c(Nc2nc(C)cc(NCC3CCCO3)n2)c1. The number of hydrogen-bond donors (Lipinski definition) is 2. The maximum Gasteiger partial charge on any atom is 0.229 e. The fraction of sp³-hybridized carbons (Fsp3) is 0.444. The lowest BCUT2D eigenvalue weighted by Gasteiger charge is -2.14. The van der Waals surface area contributed by atoms with E-state index >= 15 is 0 Å². The topological polar surface area (TPSA) is 59.1 Å². The number of nitrogens with zero attached hydrogens (tertiary/aromatic N) is 2. The van der Waals surface area contributed by atoms with Gasteiger partial charge >= 0.3 is 0 Å². The van der Waals surface area contributed by atoms with Gasteiger partial charge in [0.1, 0.15) is 5.82 Å². The van der Waals surface area contributed by atoms with Crippen LogP contribution in [0.2, 0.25) is 0 Å². The van der Waals surface area contributed by atoms with E-state index in [0.29, 0.717) is 12.1 Å². The number of benzene rings is 1. The van der Waals surface area contributed by atoms with Crippen molar-refractivity contribution in [2.45, 2.75) is 39.7 Å². The van der Waals surface area contributed by atoms with E-state index < -0.39 is 0 Å². The molecule has 1 fully saturated rings. The van der Waals surface area contributed by atoms with Gasteiger partial charge in [-0.3, -0.25) is 0 Å². The summed E-state index contributed by atoms with van der Waals surface area (Å²) in [5.41, 5.74) is 4.36. The Balaban J connectivity index is 1.72. The Bertz CT molecular complexity index is 681. The Labute approximate surface area is 137 Å². The van der Waals surface area contributed by atoms with Gasteiger partial charge in [0.25, 0.3) is 0 Å². The van der Waals surface area contributed by atoms with Gasteiger partial charge in [-0.05, 0) is 50.8 Å². The number of aromatic nitrogens is 2. The van der Waals surface area contributed by atoms with E-state index in [1.165, 1.54) is 11.1 Å². The molecule has 2 aromatic rings. The Hall–Kier alpha value is -2.14. The van der Waals surface area contributed by atoms with Crippen LogP contribution in [-0.2, 0) is 4.74 Å². The third-order valence-corrected chi connectivity index (χ3v) is 4.03. The lowest BCUT2D eigenvalue weighted by atomic mass is 10.1. The van der Waals surface area contributed by atoms with Crippen molar-refractivity contribution in [3.05, 3.63) is 41.1 Å². The summed E-state index contributed by atoms with van der Waals surface area (Å²) in [6.07, 6.45) is 2.56. The molecule has 1 saturated heterocycles. The van der Waals surface area contributed by atoms with Gasteiger partial charge in [0.05, 0.1) is 6.10 Å². The zero-order valence-electron chi connectivity index (χ0n) is 14.0. The fourth-order valence-electron chi connectivity index (χ4n) is 2.73. The van der Waals surface area contributed by atoms with Crippen LogP contribution in [0.15, 0.2) is 24.3 Å². The van der Waals surface area contributed by atoms with Crippen molar-refractivity contribution in [1.82, 2.24) is 9.97 Å². The molecule has 1 aliphatic heterocycles. The van der Waals surface area contributed by atoms with Gasteiger partial charge in [-0.1, -0.05) is 12.1 Å². The first-order chi connectivity index (χ1) is 11.1. The van der Waals surface area contributed by atoms with Crippen molar-refractivity contribution in [1.29, 1.82) is 0 Å². The van der Waals surface area contributed by atoms with Crippen LogP contribution in [0.3, 0.4) is 0 Å². The van der Waals surface area contributed by atoms with Gasteiger partial charge in [0.2, 0.25) is 5.95 Å². The van der Waals surface area contributed by atoms with Crippen LogP contribution in [0.4, 0.5) is 17.5 Å². The summed E-state index contributed by atoms with van der Waals surface area (Å²) in [6.45, 7) is 7.80. The van der Waals surface area contributed by atoms with Crippen LogP contribution in [0.5, 0.6) is 0 Å². The molecule has 1 atom stereocenters. The summed E-state index contributed by atoms with van der Waals surface area (Å²) in [5, 5.41) is 6.69. The molecule has 0 bridgehead atoms. The molecular weight excluding hydrogens is 288 g/mol. The minimum atomic E-state index is 0.292. The standard InChI is InChI=1S/C18H24N4O/c1-12-6-7-13(2)16(9-12)21-18-20-14(3)10-17(22-18)19-11-15-5-4-8-23-15/h6-7,9-10,15H,4-5,8,11H2,1-3H3,(H2,19,20,21,22). The largest absolute Gasteiger partial charge is 0.376 e. The van der Waals surface area contributed by atoms with Gasteiger partial charge in [-0.15, -0.1) is 0 Å². The minimum absolute atomic E-state index is 0.292. The van der Waals surface area contributed by atoms with E-state index in [4.69, 9.17) is 4.74 Å². The summed E-state index contributed by atoms with van der Waals surface area (Å²) in [4.78, 5) is 9.06. The average molecular weight is 312 g/mol. The summed E-state index contributed by atoms with van der Waals surface area (Å²) >= 11 is 0. The van der Waals surface area contributed by atoms with E-state index in [9.17, 15) is 0 Å². The third kappa shape index (κ3) is 4.20. The molecule has 0 amide bonds. The van der Waals surface area contributed by atoms with E-state index in [0.717, 1.165) is 43.2 Å². The van der Waals surface area contributed by atoms with Crippen LogP contribution in [0.25, 0.3) is 0 Å². The molecule has 23 heavy (non-hydrogen) atoms. The lowest BCUT2D eigenvalue weighted by molar-refractivity contribution is 0.120. The third-order valence-electron chi connectivity index (χ3n) is 4.03. The molecule has 122 valence electrons. The maximum absolute atomic E-state index is 5.64. The van der Waals surface area contributed by atoms with Gasteiger partial charge in [0.15, 0.2) is 0 Å². The van der Waals surface area contributed by atoms with Gasteiger partial charge in [-0.25, -0.2) is 4.98 Å². The summed E-state index contributed by atoms with van der Waals surface area (Å²) < 4.78 is 5.64. The molecule has 1 aromatic heterocycles. The van der Waals surface area contributed by atoms with Gasteiger partial charge in [0, 0.05) is 30.6 Å². The average Bonchev–Trinajstić information content (AvgIpc) is 3.02. The smallest absolute Gasteiger partial charge is 0.229 e. The first-order valence-corrected chi connectivity index (χ1v) is 8.15. The molecule has 0 spiro atoms. The highest BCUT2D eigenvalue weighted by atomic mass is 16.5. The number of aryl methyl sites for hydroxylation is 3. The molecule has 1 unspecified atom stereocenters. The molecule has 0 radical (unpaired) electrons. The lowest BCUT2D eigenvalue weighted by Crippen LogP contribution is -2.19. The molecule has 3 rings (SSSR count). The number of nitrogens with one attached hydrogen (secondary N) is 2. The van der Waals surface area contributed by atoms with Crippen LogP contribution < -0.4 is 10.6 Å². The molecule has 1 aromatic carbocycles. The van der Waals surface area contributed by atoms with E-state index in [1.807, 2.05) is 13.0 Å². The molecule has 1 aliphatic rings. The second-order valence-corrected chi connectivity index (χ2v) is 6.18. The second-order valence-electron chi connectivity index (χ2n) is 6.18. The maximum atomic E-state index is 5.64. The van der Waals surface area contributed by atoms with Crippen LogP contribution in [-0.4, -0.2) is 29.2 Å². The number of anilines is 3. The van der Waals surface area contributed by atoms with Crippen molar-refractivity contribution >= 4 is 17.5 Å². The van der Waals surface area contributed by atoms with E-state index in [-0.39, 0.29) is 0 Å².